The molecule has 11 heteroatoms. The van der Waals surface area contributed by atoms with Crippen LogP contribution in [-0.4, -0.2) is 24.3 Å². The number of carbonyl (C=O) groups is 1. The fourth-order valence-corrected chi connectivity index (χ4v) is 4.83. The van der Waals surface area contributed by atoms with Crippen molar-refractivity contribution in [1.29, 1.82) is 0 Å². The quantitative estimate of drug-likeness (QED) is 0.372. The summed E-state index contributed by atoms with van der Waals surface area (Å²) < 4.78 is 61.5. The fourth-order valence-electron chi connectivity index (χ4n) is 3.81. The molecule has 2 heterocycles. The molecular formula is C26H23F2N3O5S. The first-order valence-electron chi connectivity index (χ1n) is 10.9. The molecule has 2 N–H and O–H groups in total. The van der Waals surface area contributed by atoms with Gasteiger partial charge in [-0.15, -0.1) is 0 Å². The van der Waals surface area contributed by atoms with Crippen molar-refractivity contribution in [2.45, 2.75) is 25.7 Å². The van der Waals surface area contributed by atoms with Crippen LogP contribution >= 0.6 is 0 Å². The molecule has 4 aromatic rings. The van der Waals surface area contributed by atoms with E-state index in [1.807, 2.05) is 23.8 Å². The molecule has 2 aromatic heterocycles. The van der Waals surface area contributed by atoms with Gasteiger partial charge in [-0.05, 0) is 74.4 Å². The summed E-state index contributed by atoms with van der Waals surface area (Å²) in [7, 11) is -4.56. The molecule has 0 aliphatic heterocycles. The third-order valence-corrected chi connectivity index (χ3v) is 6.77. The fraction of sp³-hybridized carbons (Fsp3) is 0.115. The smallest absolute Gasteiger partial charge is 0.270 e. The van der Waals surface area contributed by atoms with Crippen LogP contribution in [0.15, 0.2) is 70.5 Å². The van der Waals surface area contributed by atoms with Gasteiger partial charge in [0, 0.05) is 13.2 Å². The third kappa shape index (κ3) is 5.41. The van der Waals surface area contributed by atoms with Crippen LogP contribution in [0.5, 0.6) is 11.6 Å². The van der Waals surface area contributed by atoms with E-state index in [0.29, 0.717) is 16.9 Å². The second kappa shape index (κ2) is 9.94. The number of rotatable bonds is 6. The lowest BCUT2D eigenvalue weighted by atomic mass is 10.1. The Bertz CT molecular complexity index is 1680. The normalized spacial score (nSPS) is 11.3. The largest absolute Gasteiger partial charge is 0.438 e. The van der Waals surface area contributed by atoms with Crippen molar-refractivity contribution in [2.75, 3.05) is 0 Å². The maximum Gasteiger partial charge on any atom is 0.270 e. The van der Waals surface area contributed by atoms with E-state index in [2.05, 4.69) is 9.97 Å². The summed E-state index contributed by atoms with van der Waals surface area (Å²) in [5.74, 6) is -2.59. The molecule has 2 aromatic carbocycles. The van der Waals surface area contributed by atoms with Crippen LogP contribution in [0, 0.1) is 32.4 Å². The van der Waals surface area contributed by atoms with Crippen molar-refractivity contribution >= 4 is 15.9 Å². The molecule has 37 heavy (non-hydrogen) atoms. The lowest BCUT2D eigenvalue weighted by molar-refractivity contribution is 0.0978. The second-order valence-electron chi connectivity index (χ2n) is 8.30. The van der Waals surface area contributed by atoms with E-state index in [9.17, 15) is 26.8 Å². The zero-order chi connectivity index (χ0) is 26.9. The topological polar surface area (TPSA) is 118 Å². The summed E-state index contributed by atoms with van der Waals surface area (Å²) in [4.78, 5) is 30.9. The Morgan fingerprint density at radius 2 is 1.73 bits per heavy atom. The van der Waals surface area contributed by atoms with E-state index in [0.717, 1.165) is 29.8 Å². The number of pyridine rings is 2. The van der Waals surface area contributed by atoms with Gasteiger partial charge in [-0.3, -0.25) is 9.59 Å². The number of nitrogens with zero attached hydrogens (tertiary/aromatic N) is 1. The van der Waals surface area contributed by atoms with Gasteiger partial charge >= 0.3 is 0 Å². The molecule has 0 saturated carbocycles. The van der Waals surface area contributed by atoms with Crippen LogP contribution in [0.3, 0.4) is 0 Å². The van der Waals surface area contributed by atoms with Gasteiger partial charge in [-0.2, -0.15) is 0 Å². The summed E-state index contributed by atoms with van der Waals surface area (Å²) in [6.45, 7) is 5.44. The zero-order valence-electron chi connectivity index (χ0n) is 19.9. The number of hydrogen-bond acceptors (Lipinski definition) is 6. The Balaban J connectivity index is 0.00000400. The molecule has 0 unspecified atom stereocenters. The lowest BCUT2D eigenvalue weighted by Crippen LogP contribution is -2.34. The lowest BCUT2D eigenvalue weighted by Gasteiger charge is -2.16. The Kier molecular flexibility index (Phi) is 6.90. The number of hydrogen-bond donors (Lipinski definition) is 2. The van der Waals surface area contributed by atoms with Gasteiger partial charge < -0.3 is 9.72 Å². The Hall–Kier alpha value is -4.38. The highest BCUT2D eigenvalue weighted by Crippen LogP contribution is 2.33. The van der Waals surface area contributed by atoms with E-state index in [1.165, 1.54) is 24.4 Å². The standard InChI is InChI=1S/C26H21F2N3O5S.H2/c1-14-11-15(2)23(16(3)12-14)36-26-18(7-9-21(30-26)19-13-17(27)6-8-20(19)28)24(32)31-37(34,35)22-5-4-10-29-25(22)33;/h4-13H,1-3H3,(H,29,33)(H,31,32);1H. The molecule has 0 aliphatic rings. The summed E-state index contributed by atoms with van der Waals surface area (Å²) in [6.07, 6.45) is 1.25. The van der Waals surface area contributed by atoms with Gasteiger partial charge in [0.1, 0.15) is 22.9 Å². The summed E-state index contributed by atoms with van der Waals surface area (Å²) in [6, 6.07) is 11.3. The van der Waals surface area contributed by atoms with Crippen molar-refractivity contribution in [3.05, 3.63) is 105 Å². The number of H-pyrrole nitrogens is 1. The summed E-state index contributed by atoms with van der Waals surface area (Å²) in [5.41, 5.74) is 0.915. The first-order valence-corrected chi connectivity index (χ1v) is 12.4. The first-order chi connectivity index (χ1) is 17.5. The van der Waals surface area contributed by atoms with Crippen molar-refractivity contribution in [3.63, 3.8) is 0 Å². The van der Waals surface area contributed by atoms with Crippen molar-refractivity contribution in [2.24, 2.45) is 0 Å². The molecular weight excluding hydrogens is 504 g/mol. The van der Waals surface area contributed by atoms with E-state index in [4.69, 9.17) is 4.74 Å². The summed E-state index contributed by atoms with van der Waals surface area (Å²) in [5, 5.41) is 0. The molecule has 4 rings (SSSR count). The van der Waals surface area contributed by atoms with Crippen molar-refractivity contribution < 1.29 is 28.2 Å². The SMILES string of the molecule is Cc1cc(C)c(Oc2nc(-c3cc(F)ccc3F)ccc2C(=O)NS(=O)(=O)c2ccc[nH]c2=O)c(C)c1.[HH]. The molecule has 0 saturated heterocycles. The monoisotopic (exact) mass is 527 g/mol. The summed E-state index contributed by atoms with van der Waals surface area (Å²) >= 11 is 0. The van der Waals surface area contributed by atoms with Crippen LogP contribution in [0.2, 0.25) is 0 Å². The number of nitrogens with one attached hydrogen (secondary N) is 2. The van der Waals surface area contributed by atoms with Gasteiger partial charge in [0.25, 0.3) is 21.5 Å². The van der Waals surface area contributed by atoms with Crippen molar-refractivity contribution in [1.82, 2.24) is 14.7 Å². The van der Waals surface area contributed by atoms with E-state index < -0.39 is 38.0 Å². The van der Waals surface area contributed by atoms with E-state index in [-0.39, 0.29) is 24.1 Å². The second-order valence-corrected chi connectivity index (χ2v) is 9.95. The number of carbonyl (C=O) groups excluding carboxylic acids is 1. The Morgan fingerprint density at radius 3 is 2.41 bits per heavy atom. The third-order valence-electron chi connectivity index (χ3n) is 5.41. The van der Waals surface area contributed by atoms with Crippen LogP contribution in [0.1, 0.15) is 28.5 Å². The van der Waals surface area contributed by atoms with Crippen LogP contribution < -0.4 is 15.0 Å². The minimum atomic E-state index is -4.56. The maximum atomic E-state index is 14.5. The van der Waals surface area contributed by atoms with Crippen LogP contribution in [0.25, 0.3) is 11.3 Å². The number of aromatic amines is 1. The van der Waals surface area contributed by atoms with Crippen LogP contribution in [-0.2, 0) is 10.0 Å². The minimum Gasteiger partial charge on any atom is -0.438 e. The Morgan fingerprint density at radius 1 is 1.03 bits per heavy atom. The molecule has 0 atom stereocenters. The molecule has 0 aliphatic carbocycles. The van der Waals surface area contributed by atoms with E-state index in [1.54, 1.807) is 13.8 Å². The molecule has 1 amide bonds. The first kappa shape index (κ1) is 25.7. The number of aryl methyl sites for hydroxylation is 3. The number of benzene rings is 2. The average molecular weight is 528 g/mol. The van der Waals surface area contributed by atoms with Crippen LogP contribution in [0.4, 0.5) is 8.78 Å². The predicted molar refractivity (Wildman–Crippen MR) is 134 cm³/mol. The highest BCUT2D eigenvalue weighted by atomic mass is 32.2. The van der Waals surface area contributed by atoms with Gasteiger partial charge in [-0.25, -0.2) is 26.9 Å². The number of amides is 1. The maximum absolute atomic E-state index is 14.5. The van der Waals surface area contributed by atoms with Gasteiger partial charge in [0.2, 0.25) is 5.88 Å². The number of aromatic nitrogens is 2. The Labute approximate surface area is 212 Å². The molecule has 0 spiro atoms. The highest BCUT2D eigenvalue weighted by Gasteiger charge is 2.26. The highest BCUT2D eigenvalue weighted by molar-refractivity contribution is 7.90. The molecule has 0 fully saturated rings. The predicted octanol–water partition coefficient (Wildman–Crippen LogP) is 4.80. The zero-order valence-corrected chi connectivity index (χ0v) is 20.7. The average Bonchev–Trinajstić information content (AvgIpc) is 2.82. The van der Waals surface area contributed by atoms with Gasteiger partial charge in [0.15, 0.2) is 4.90 Å². The molecule has 0 bridgehead atoms. The number of halogens is 2. The molecule has 192 valence electrons. The van der Waals surface area contributed by atoms with Gasteiger partial charge in [0.05, 0.1) is 5.69 Å². The number of sulfonamides is 1. The molecule has 0 radical (unpaired) electrons. The van der Waals surface area contributed by atoms with Gasteiger partial charge in [-0.1, -0.05) is 17.7 Å². The van der Waals surface area contributed by atoms with E-state index >= 15 is 0 Å². The van der Waals surface area contributed by atoms with Crippen molar-refractivity contribution in [3.8, 4) is 22.9 Å². The molecule has 8 nitrogen and oxygen atoms in total. The number of ether oxygens (including phenoxy) is 1. The minimum absolute atomic E-state index is 0.